The molecule has 17 heavy (non-hydrogen) atoms. The normalized spacial score (nSPS) is 12.4. The molecular weight excluding hydrogens is 254 g/mol. The van der Waals surface area contributed by atoms with E-state index in [1.807, 2.05) is 18.3 Å². The maximum atomic E-state index is 6.17. The zero-order chi connectivity index (χ0) is 11.1. The lowest BCUT2D eigenvalue weighted by Crippen LogP contribution is -2.32. The van der Waals surface area contributed by atoms with Crippen LogP contribution in [0.5, 0.6) is 0 Å². The number of anilines is 1. The maximum absolute atomic E-state index is 6.17. The Labute approximate surface area is 109 Å². The first-order valence-electron chi connectivity index (χ1n) is 5.04. The summed E-state index contributed by atoms with van der Waals surface area (Å²) in [4.78, 5) is 5.58. The molecule has 3 nitrogen and oxygen atoms in total. The Morgan fingerprint density at radius 1 is 1.41 bits per heavy atom. The lowest BCUT2D eigenvalue weighted by molar-refractivity contribution is 1.20. The van der Waals surface area contributed by atoms with Gasteiger partial charge in [0.25, 0.3) is 0 Å². The first-order chi connectivity index (χ1) is 7.75. The van der Waals surface area contributed by atoms with Crippen LogP contribution in [0.25, 0.3) is 11.9 Å². The van der Waals surface area contributed by atoms with Gasteiger partial charge in [-0.15, -0.1) is 23.7 Å². The summed E-state index contributed by atoms with van der Waals surface area (Å²) in [6.07, 6.45) is 3.72. The molecule has 0 saturated heterocycles. The fourth-order valence-corrected chi connectivity index (χ4v) is 2.75. The number of nitrogens with one attached hydrogen (secondary N) is 1. The van der Waals surface area contributed by atoms with Gasteiger partial charge in [0, 0.05) is 28.1 Å². The fraction of sp³-hybridized carbons (Fsp3) is 0.0833. The van der Waals surface area contributed by atoms with Crippen LogP contribution in [0, 0.1) is 6.92 Å². The Balaban J connectivity index is 0.00000108. The molecule has 2 aromatic heterocycles. The van der Waals surface area contributed by atoms with Crippen LogP contribution in [-0.4, -0.2) is 4.98 Å². The molecule has 3 N–H and O–H groups in total. The molecule has 0 bridgehead atoms. The van der Waals surface area contributed by atoms with Gasteiger partial charge in [0.2, 0.25) is 0 Å². The third kappa shape index (κ3) is 1.90. The van der Waals surface area contributed by atoms with E-state index >= 15 is 0 Å². The summed E-state index contributed by atoms with van der Waals surface area (Å²) >= 11 is 1.71. The molecule has 0 unspecified atom stereocenters. The predicted molar refractivity (Wildman–Crippen MR) is 74.6 cm³/mol. The van der Waals surface area contributed by atoms with E-state index in [0.29, 0.717) is 0 Å². The Bertz CT molecular complexity index is 675. The van der Waals surface area contributed by atoms with Gasteiger partial charge in [-0.05, 0) is 25.1 Å². The largest absolute Gasteiger partial charge is 0.396 e. The van der Waals surface area contributed by atoms with Crippen molar-refractivity contribution < 1.29 is 0 Å². The predicted octanol–water partition coefficient (Wildman–Crippen LogP) is 1.15. The minimum Gasteiger partial charge on any atom is -0.396 e. The first kappa shape index (κ1) is 12.0. The monoisotopic (exact) mass is 265 g/mol. The molecule has 0 aromatic carbocycles. The molecule has 0 fully saturated rings. The molecule has 0 saturated carbocycles. The van der Waals surface area contributed by atoms with Crippen molar-refractivity contribution in [2.75, 3.05) is 5.32 Å². The highest BCUT2D eigenvalue weighted by Gasteiger charge is 2.12. The number of hydrogen-bond donors (Lipinski definition) is 2. The second-order valence-corrected chi connectivity index (χ2v) is 5.00. The smallest absolute Gasteiger partial charge is 0.102 e. The number of rotatable bonds is 0. The minimum absolute atomic E-state index is 0. The van der Waals surface area contributed by atoms with Crippen LogP contribution >= 0.6 is 23.7 Å². The molecular formula is C12H12ClN3S. The summed E-state index contributed by atoms with van der Waals surface area (Å²) in [6.45, 7) is 2.08. The van der Waals surface area contributed by atoms with Gasteiger partial charge in [0.15, 0.2) is 0 Å². The number of fused-ring (bicyclic) bond motifs is 2. The molecule has 0 aliphatic carbocycles. The van der Waals surface area contributed by atoms with Gasteiger partial charge in [-0.25, -0.2) is 0 Å². The van der Waals surface area contributed by atoms with Crippen molar-refractivity contribution in [1.82, 2.24) is 4.98 Å². The molecule has 0 spiro atoms. The summed E-state index contributed by atoms with van der Waals surface area (Å²) in [5, 5.41) is 6.26. The van der Waals surface area contributed by atoms with E-state index in [2.05, 4.69) is 23.3 Å². The lowest BCUT2D eigenvalue weighted by atomic mass is 10.2. The zero-order valence-corrected chi connectivity index (χ0v) is 10.9. The Morgan fingerprint density at radius 3 is 3.06 bits per heavy atom. The Kier molecular flexibility index (Phi) is 3.09. The zero-order valence-electron chi connectivity index (χ0n) is 9.23. The highest BCUT2D eigenvalue weighted by atomic mass is 35.5. The molecule has 1 aliphatic heterocycles. The van der Waals surface area contributed by atoms with Crippen molar-refractivity contribution in [3.8, 4) is 0 Å². The van der Waals surface area contributed by atoms with Crippen molar-refractivity contribution in [2.45, 2.75) is 6.92 Å². The SMILES string of the molecule is Cc1cc2c(s1)NC=c1cccnc1=C2N.Cl. The van der Waals surface area contributed by atoms with E-state index in [1.165, 1.54) is 4.88 Å². The second-order valence-electron chi connectivity index (χ2n) is 3.74. The number of nitrogens with zero attached hydrogens (tertiary/aromatic N) is 1. The Hall–Kier alpha value is -1.52. The van der Waals surface area contributed by atoms with Gasteiger partial charge in [-0.1, -0.05) is 0 Å². The molecule has 2 aromatic rings. The van der Waals surface area contributed by atoms with Crippen molar-refractivity contribution >= 4 is 40.6 Å². The van der Waals surface area contributed by atoms with Gasteiger partial charge in [-0.3, -0.25) is 4.98 Å². The van der Waals surface area contributed by atoms with Crippen molar-refractivity contribution in [2.24, 2.45) is 5.73 Å². The van der Waals surface area contributed by atoms with Gasteiger partial charge in [0.1, 0.15) is 5.00 Å². The standard InChI is InChI=1S/C12H11N3S.ClH/c1-7-5-9-10(13)11-8(3-2-4-14-11)6-15-12(9)16-7;/h2-6,15H,13H2,1H3;1H. The summed E-state index contributed by atoms with van der Waals surface area (Å²) in [5.74, 6) is 0. The van der Waals surface area contributed by atoms with Gasteiger partial charge < -0.3 is 11.1 Å². The highest BCUT2D eigenvalue weighted by Crippen LogP contribution is 2.30. The molecule has 0 atom stereocenters. The van der Waals surface area contributed by atoms with E-state index in [-0.39, 0.29) is 12.4 Å². The van der Waals surface area contributed by atoms with E-state index in [1.54, 1.807) is 17.5 Å². The average molecular weight is 266 g/mol. The third-order valence-electron chi connectivity index (χ3n) is 2.60. The highest BCUT2D eigenvalue weighted by molar-refractivity contribution is 7.16. The summed E-state index contributed by atoms with van der Waals surface area (Å²) in [5.41, 5.74) is 7.97. The molecule has 3 heterocycles. The number of aromatic nitrogens is 1. The number of nitrogens with two attached hydrogens (primary N) is 1. The van der Waals surface area contributed by atoms with Gasteiger partial charge >= 0.3 is 0 Å². The van der Waals surface area contributed by atoms with E-state index in [4.69, 9.17) is 5.73 Å². The van der Waals surface area contributed by atoms with Crippen LogP contribution in [0.1, 0.15) is 10.4 Å². The van der Waals surface area contributed by atoms with Crippen molar-refractivity contribution in [1.29, 1.82) is 0 Å². The summed E-state index contributed by atoms with van der Waals surface area (Å²) < 4.78 is 0. The fourth-order valence-electron chi connectivity index (χ4n) is 1.85. The van der Waals surface area contributed by atoms with Crippen LogP contribution in [0.3, 0.4) is 0 Å². The third-order valence-corrected chi connectivity index (χ3v) is 3.58. The van der Waals surface area contributed by atoms with E-state index < -0.39 is 0 Å². The van der Waals surface area contributed by atoms with Crippen LogP contribution in [-0.2, 0) is 0 Å². The topological polar surface area (TPSA) is 50.9 Å². The first-order valence-corrected chi connectivity index (χ1v) is 5.86. The lowest BCUT2D eigenvalue weighted by Gasteiger charge is -1.99. The molecule has 5 heteroatoms. The number of hydrogen-bond acceptors (Lipinski definition) is 4. The number of aryl methyl sites for hydroxylation is 1. The van der Waals surface area contributed by atoms with E-state index in [9.17, 15) is 0 Å². The number of thiophene rings is 1. The Morgan fingerprint density at radius 2 is 2.24 bits per heavy atom. The quantitative estimate of drug-likeness (QED) is 0.751. The van der Waals surface area contributed by atoms with E-state index in [0.717, 1.165) is 26.8 Å². The van der Waals surface area contributed by atoms with Gasteiger partial charge in [0.05, 0.1) is 11.0 Å². The average Bonchev–Trinajstić information content (AvgIpc) is 2.62. The number of halogens is 1. The summed E-state index contributed by atoms with van der Waals surface area (Å²) in [6, 6.07) is 6.01. The van der Waals surface area contributed by atoms with Crippen LogP contribution in [0.4, 0.5) is 5.00 Å². The molecule has 0 radical (unpaired) electrons. The van der Waals surface area contributed by atoms with Crippen molar-refractivity contribution in [3.63, 3.8) is 0 Å². The maximum Gasteiger partial charge on any atom is 0.102 e. The minimum atomic E-state index is 0. The van der Waals surface area contributed by atoms with Crippen LogP contribution < -0.4 is 21.6 Å². The molecule has 88 valence electrons. The van der Waals surface area contributed by atoms with Crippen LogP contribution in [0.2, 0.25) is 0 Å². The number of pyridine rings is 1. The molecule has 3 rings (SSSR count). The molecule has 0 amide bonds. The van der Waals surface area contributed by atoms with Gasteiger partial charge in [-0.2, -0.15) is 0 Å². The summed E-state index contributed by atoms with van der Waals surface area (Å²) in [7, 11) is 0. The second kappa shape index (κ2) is 4.39. The van der Waals surface area contributed by atoms with Crippen molar-refractivity contribution in [3.05, 3.63) is 45.4 Å². The molecule has 1 aliphatic rings. The van der Waals surface area contributed by atoms with Crippen LogP contribution in [0.15, 0.2) is 24.4 Å².